The standard InChI is InChI=1S/C18H27N7O6/c1-9(19)15(27)23-11(6-14(20)26)16(28)24-12(5-10-7-21-8-22-10)17(29)25-4-2-3-13(25)18(30)31/h7-9,11-13H,2-6,19H2,1H3,(H2,20,26)(H,21,22)(H,23,27)(H,24,28)(H,30,31). The van der Waals surface area contributed by atoms with Crippen molar-refractivity contribution in [3.63, 3.8) is 0 Å². The summed E-state index contributed by atoms with van der Waals surface area (Å²) < 4.78 is 0. The summed E-state index contributed by atoms with van der Waals surface area (Å²) in [7, 11) is 0. The van der Waals surface area contributed by atoms with E-state index in [0.717, 1.165) is 0 Å². The summed E-state index contributed by atoms with van der Waals surface area (Å²) in [5.41, 5.74) is 11.2. The first-order chi connectivity index (χ1) is 14.6. The van der Waals surface area contributed by atoms with Gasteiger partial charge in [-0.3, -0.25) is 19.2 Å². The van der Waals surface area contributed by atoms with Crippen molar-refractivity contribution in [2.45, 2.75) is 56.8 Å². The van der Waals surface area contributed by atoms with Gasteiger partial charge in [-0.2, -0.15) is 0 Å². The molecule has 0 spiro atoms. The highest BCUT2D eigenvalue weighted by Gasteiger charge is 2.38. The lowest BCUT2D eigenvalue weighted by molar-refractivity contribution is -0.149. The molecule has 0 aliphatic carbocycles. The molecule has 13 nitrogen and oxygen atoms in total. The summed E-state index contributed by atoms with van der Waals surface area (Å²) in [6, 6.07) is -4.43. The summed E-state index contributed by atoms with van der Waals surface area (Å²) in [5, 5.41) is 14.2. The van der Waals surface area contributed by atoms with E-state index in [1.807, 2.05) is 0 Å². The maximum Gasteiger partial charge on any atom is 0.326 e. The number of rotatable bonds is 10. The Balaban J connectivity index is 2.22. The number of aliphatic carboxylic acids is 1. The van der Waals surface area contributed by atoms with Crippen LogP contribution in [0.15, 0.2) is 12.5 Å². The lowest BCUT2D eigenvalue weighted by Crippen LogP contribution is -2.58. The second-order valence-corrected chi connectivity index (χ2v) is 7.39. The van der Waals surface area contributed by atoms with Gasteiger partial charge in [-0.25, -0.2) is 9.78 Å². The Morgan fingerprint density at radius 3 is 2.48 bits per heavy atom. The van der Waals surface area contributed by atoms with Crippen LogP contribution in [0.4, 0.5) is 0 Å². The highest BCUT2D eigenvalue weighted by atomic mass is 16.4. The normalized spacial score (nSPS) is 18.6. The van der Waals surface area contributed by atoms with E-state index in [2.05, 4.69) is 20.6 Å². The second kappa shape index (κ2) is 10.5. The maximum absolute atomic E-state index is 13.1. The van der Waals surface area contributed by atoms with Crippen molar-refractivity contribution < 1.29 is 29.1 Å². The molecule has 31 heavy (non-hydrogen) atoms. The third-order valence-corrected chi connectivity index (χ3v) is 4.87. The molecule has 4 unspecified atom stereocenters. The molecule has 1 aliphatic heterocycles. The average molecular weight is 437 g/mol. The minimum Gasteiger partial charge on any atom is -0.480 e. The number of amides is 4. The van der Waals surface area contributed by atoms with Crippen molar-refractivity contribution in [1.29, 1.82) is 0 Å². The van der Waals surface area contributed by atoms with Crippen LogP contribution in [-0.2, 0) is 30.4 Å². The molecule has 1 saturated heterocycles. The fraction of sp³-hybridized carbons (Fsp3) is 0.556. The van der Waals surface area contributed by atoms with Gasteiger partial charge < -0.3 is 37.1 Å². The van der Waals surface area contributed by atoms with Gasteiger partial charge in [0.1, 0.15) is 18.1 Å². The molecular weight excluding hydrogens is 410 g/mol. The molecule has 2 heterocycles. The van der Waals surface area contributed by atoms with Gasteiger partial charge in [0.15, 0.2) is 0 Å². The van der Waals surface area contributed by atoms with Crippen LogP contribution in [0.2, 0.25) is 0 Å². The van der Waals surface area contributed by atoms with E-state index in [1.165, 1.54) is 24.3 Å². The van der Waals surface area contributed by atoms with E-state index in [1.54, 1.807) is 0 Å². The first-order valence-corrected chi connectivity index (χ1v) is 9.75. The zero-order chi connectivity index (χ0) is 23.1. The maximum atomic E-state index is 13.1. The Hall–Kier alpha value is -3.48. The Kier molecular flexibility index (Phi) is 8.07. The lowest BCUT2D eigenvalue weighted by atomic mass is 10.1. The summed E-state index contributed by atoms with van der Waals surface area (Å²) in [6.45, 7) is 1.63. The Bertz CT molecular complexity index is 825. The Morgan fingerprint density at radius 2 is 1.94 bits per heavy atom. The molecule has 2 rings (SSSR count). The van der Waals surface area contributed by atoms with E-state index < -0.39 is 60.2 Å². The second-order valence-electron chi connectivity index (χ2n) is 7.39. The number of hydrogen-bond donors (Lipinski definition) is 6. The molecular formula is C18H27N7O6. The fourth-order valence-electron chi connectivity index (χ4n) is 3.29. The van der Waals surface area contributed by atoms with Crippen LogP contribution in [-0.4, -0.2) is 80.3 Å². The molecule has 0 radical (unpaired) electrons. The highest BCUT2D eigenvalue weighted by Crippen LogP contribution is 2.19. The third-order valence-electron chi connectivity index (χ3n) is 4.87. The monoisotopic (exact) mass is 437 g/mol. The topological polar surface area (TPSA) is 214 Å². The SMILES string of the molecule is CC(N)C(=O)NC(CC(N)=O)C(=O)NC(Cc1cnc[nH]1)C(=O)N1CCCC1C(=O)O. The van der Waals surface area contributed by atoms with Crippen LogP contribution in [0, 0.1) is 0 Å². The molecule has 0 saturated carbocycles. The number of carbonyl (C=O) groups is 5. The number of likely N-dealkylation sites (tertiary alicyclic amines) is 1. The minimum absolute atomic E-state index is 0.00204. The minimum atomic E-state index is -1.35. The van der Waals surface area contributed by atoms with Crippen LogP contribution in [0.3, 0.4) is 0 Å². The molecule has 4 amide bonds. The first kappa shape index (κ1) is 23.8. The molecule has 8 N–H and O–H groups in total. The number of aromatic amines is 1. The molecule has 4 atom stereocenters. The zero-order valence-corrected chi connectivity index (χ0v) is 17.0. The van der Waals surface area contributed by atoms with Crippen LogP contribution in [0.25, 0.3) is 0 Å². The average Bonchev–Trinajstić information content (AvgIpc) is 3.37. The molecule has 0 aromatic carbocycles. The van der Waals surface area contributed by atoms with Crippen molar-refractivity contribution in [3.05, 3.63) is 18.2 Å². The predicted octanol–water partition coefficient (Wildman–Crippen LogP) is -2.78. The number of carboxylic acids is 1. The summed E-state index contributed by atoms with van der Waals surface area (Å²) in [5.74, 6) is -4.07. The number of carbonyl (C=O) groups excluding carboxylic acids is 4. The van der Waals surface area contributed by atoms with Crippen LogP contribution >= 0.6 is 0 Å². The van der Waals surface area contributed by atoms with Crippen LogP contribution in [0.5, 0.6) is 0 Å². The van der Waals surface area contributed by atoms with E-state index in [0.29, 0.717) is 18.5 Å². The number of primary amides is 1. The Labute approximate surface area is 177 Å². The quantitative estimate of drug-likeness (QED) is 0.225. The molecule has 1 aromatic heterocycles. The number of nitrogens with two attached hydrogens (primary N) is 2. The van der Waals surface area contributed by atoms with Gasteiger partial charge in [0, 0.05) is 24.9 Å². The van der Waals surface area contributed by atoms with E-state index in [4.69, 9.17) is 11.5 Å². The number of carboxylic acid groups (broad SMARTS) is 1. The van der Waals surface area contributed by atoms with Crippen LogP contribution < -0.4 is 22.1 Å². The molecule has 1 aromatic rings. The zero-order valence-electron chi connectivity index (χ0n) is 17.0. The smallest absolute Gasteiger partial charge is 0.326 e. The van der Waals surface area contributed by atoms with Crippen LogP contribution in [0.1, 0.15) is 31.9 Å². The number of imidazole rings is 1. The number of nitrogens with one attached hydrogen (secondary N) is 3. The molecule has 0 bridgehead atoms. The molecule has 1 aliphatic rings. The summed E-state index contributed by atoms with van der Waals surface area (Å²) in [4.78, 5) is 68.6. The van der Waals surface area contributed by atoms with Gasteiger partial charge in [-0.05, 0) is 19.8 Å². The van der Waals surface area contributed by atoms with Crippen molar-refractivity contribution >= 4 is 29.6 Å². The lowest BCUT2D eigenvalue weighted by Gasteiger charge is -2.28. The highest BCUT2D eigenvalue weighted by molar-refractivity contribution is 5.96. The fourth-order valence-corrected chi connectivity index (χ4v) is 3.29. The van der Waals surface area contributed by atoms with E-state index in [-0.39, 0.29) is 13.0 Å². The number of H-pyrrole nitrogens is 1. The van der Waals surface area contributed by atoms with Gasteiger partial charge >= 0.3 is 5.97 Å². The van der Waals surface area contributed by atoms with Gasteiger partial charge in [-0.15, -0.1) is 0 Å². The Morgan fingerprint density at radius 1 is 1.26 bits per heavy atom. The number of nitrogens with zero attached hydrogens (tertiary/aromatic N) is 2. The van der Waals surface area contributed by atoms with Crippen molar-refractivity contribution in [3.8, 4) is 0 Å². The summed E-state index contributed by atoms with van der Waals surface area (Å²) in [6.07, 6.45) is 3.18. The number of hydrogen-bond acceptors (Lipinski definition) is 7. The van der Waals surface area contributed by atoms with Gasteiger partial charge in [0.05, 0.1) is 18.8 Å². The van der Waals surface area contributed by atoms with Gasteiger partial charge in [-0.1, -0.05) is 0 Å². The van der Waals surface area contributed by atoms with Gasteiger partial charge in [0.25, 0.3) is 0 Å². The molecule has 13 heteroatoms. The van der Waals surface area contributed by atoms with Gasteiger partial charge in [0.2, 0.25) is 23.6 Å². The first-order valence-electron chi connectivity index (χ1n) is 9.75. The van der Waals surface area contributed by atoms with Crippen molar-refractivity contribution in [2.75, 3.05) is 6.54 Å². The van der Waals surface area contributed by atoms with Crippen molar-refractivity contribution in [1.82, 2.24) is 25.5 Å². The predicted molar refractivity (Wildman–Crippen MR) is 106 cm³/mol. The molecule has 1 fully saturated rings. The van der Waals surface area contributed by atoms with E-state index >= 15 is 0 Å². The summed E-state index contributed by atoms with van der Waals surface area (Å²) >= 11 is 0. The number of aromatic nitrogens is 2. The largest absolute Gasteiger partial charge is 0.480 e. The van der Waals surface area contributed by atoms with E-state index in [9.17, 15) is 29.1 Å². The third kappa shape index (κ3) is 6.50. The molecule has 170 valence electrons. The van der Waals surface area contributed by atoms with Crippen molar-refractivity contribution in [2.24, 2.45) is 11.5 Å².